The Labute approximate surface area is 93.2 Å². The minimum Gasteiger partial charge on any atom is -0.380 e. The molecule has 15 heavy (non-hydrogen) atoms. The van der Waals surface area contributed by atoms with Crippen molar-refractivity contribution in [1.82, 2.24) is 10.2 Å². The number of likely N-dealkylation sites (tertiary alicyclic amines) is 1. The van der Waals surface area contributed by atoms with Crippen LogP contribution in [0.4, 0.5) is 0 Å². The van der Waals surface area contributed by atoms with Crippen molar-refractivity contribution in [2.75, 3.05) is 39.9 Å². The molecule has 2 saturated heterocycles. The molecule has 3 nitrogen and oxygen atoms in total. The third kappa shape index (κ3) is 3.16. The molecule has 1 atom stereocenters. The van der Waals surface area contributed by atoms with Gasteiger partial charge in [0.1, 0.15) is 0 Å². The quantitative estimate of drug-likeness (QED) is 0.758. The zero-order valence-electron chi connectivity index (χ0n) is 10.1. The fourth-order valence-electron chi connectivity index (χ4n) is 2.42. The lowest BCUT2D eigenvalue weighted by molar-refractivity contribution is 0.130. The highest BCUT2D eigenvalue weighted by atomic mass is 16.5. The van der Waals surface area contributed by atoms with Gasteiger partial charge in [-0.05, 0) is 44.8 Å². The molecule has 0 aromatic rings. The third-order valence-electron chi connectivity index (χ3n) is 3.94. The third-order valence-corrected chi connectivity index (χ3v) is 3.94. The summed E-state index contributed by atoms with van der Waals surface area (Å²) in [5.41, 5.74) is 0.509. The van der Waals surface area contributed by atoms with Gasteiger partial charge in [-0.2, -0.15) is 0 Å². The van der Waals surface area contributed by atoms with Crippen LogP contribution < -0.4 is 5.32 Å². The first-order valence-electron chi connectivity index (χ1n) is 6.18. The Kier molecular flexibility index (Phi) is 3.65. The zero-order valence-corrected chi connectivity index (χ0v) is 10.1. The summed E-state index contributed by atoms with van der Waals surface area (Å²) in [4.78, 5) is 2.43. The second kappa shape index (κ2) is 4.81. The van der Waals surface area contributed by atoms with Gasteiger partial charge in [0.05, 0.1) is 6.61 Å². The lowest BCUT2D eigenvalue weighted by Gasteiger charge is -2.38. The van der Waals surface area contributed by atoms with Gasteiger partial charge in [-0.1, -0.05) is 6.92 Å². The highest BCUT2D eigenvalue weighted by Crippen LogP contribution is 2.29. The van der Waals surface area contributed by atoms with Gasteiger partial charge in [0.2, 0.25) is 0 Å². The largest absolute Gasteiger partial charge is 0.380 e. The van der Waals surface area contributed by atoms with Crippen molar-refractivity contribution in [3.63, 3.8) is 0 Å². The Hall–Kier alpha value is -0.120. The van der Waals surface area contributed by atoms with Crippen molar-refractivity contribution >= 4 is 0 Å². The number of hydrogen-bond acceptors (Lipinski definition) is 3. The predicted molar refractivity (Wildman–Crippen MR) is 62.1 cm³/mol. The van der Waals surface area contributed by atoms with Crippen molar-refractivity contribution in [3.8, 4) is 0 Å². The summed E-state index contributed by atoms with van der Waals surface area (Å²) in [7, 11) is 2.22. The molecule has 0 aromatic heterocycles. The van der Waals surface area contributed by atoms with Gasteiger partial charge in [-0.25, -0.2) is 0 Å². The van der Waals surface area contributed by atoms with Crippen molar-refractivity contribution in [3.05, 3.63) is 0 Å². The molecule has 2 rings (SSSR count). The molecule has 2 aliphatic rings. The van der Waals surface area contributed by atoms with Crippen LogP contribution in [-0.4, -0.2) is 50.8 Å². The van der Waals surface area contributed by atoms with E-state index in [0.29, 0.717) is 11.5 Å². The Balaban J connectivity index is 1.72. The van der Waals surface area contributed by atoms with Crippen LogP contribution in [0.3, 0.4) is 0 Å². The Bertz CT molecular complexity index is 194. The number of rotatable bonds is 3. The van der Waals surface area contributed by atoms with E-state index in [4.69, 9.17) is 4.74 Å². The van der Waals surface area contributed by atoms with Gasteiger partial charge in [-0.3, -0.25) is 0 Å². The molecule has 2 heterocycles. The van der Waals surface area contributed by atoms with E-state index >= 15 is 0 Å². The minimum absolute atomic E-state index is 0.509. The van der Waals surface area contributed by atoms with Crippen LogP contribution in [0.1, 0.15) is 26.2 Å². The van der Waals surface area contributed by atoms with Gasteiger partial charge in [0, 0.05) is 19.2 Å². The summed E-state index contributed by atoms with van der Waals surface area (Å²) in [5, 5.41) is 3.66. The Morgan fingerprint density at radius 2 is 2.13 bits per heavy atom. The van der Waals surface area contributed by atoms with Crippen LogP contribution in [0.2, 0.25) is 0 Å². The zero-order chi connectivity index (χ0) is 10.7. The predicted octanol–water partition coefficient (Wildman–Crippen LogP) is 1.10. The molecule has 0 aliphatic carbocycles. The van der Waals surface area contributed by atoms with Gasteiger partial charge in [0.15, 0.2) is 0 Å². The molecule has 0 spiro atoms. The number of ether oxygens (including phenoxy) is 1. The Morgan fingerprint density at radius 1 is 1.40 bits per heavy atom. The highest BCUT2D eigenvalue weighted by molar-refractivity contribution is 4.85. The molecule has 1 N–H and O–H groups in total. The standard InChI is InChI=1S/C12H24N2O/c1-12(4-6-14(2)7-5-12)10-13-11-3-8-15-9-11/h11,13H,3-10H2,1-2H3. The number of hydrogen-bond donors (Lipinski definition) is 1. The average Bonchev–Trinajstić information content (AvgIpc) is 2.73. The molecular weight excluding hydrogens is 188 g/mol. The van der Waals surface area contributed by atoms with Crippen LogP contribution in [-0.2, 0) is 4.74 Å². The van der Waals surface area contributed by atoms with Crippen molar-refractivity contribution < 1.29 is 4.74 Å². The molecule has 2 aliphatic heterocycles. The van der Waals surface area contributed by atoms with Gasteiger partial charge < -0.3 is 15.0 Å². The summed E-state index contributed by atoms with van der Waals surface area (Å²) in [6.07, 6.45) is 3.84. The fourth-order valence-corrected chi connectivity index (χ4v) is 2.42. The van der Waals surface area contributed by atoms with E-state index in [-0.39, 0.29) is 0 Å². The van der Waals surface area contributed by atoms with E-state index in [1.54, 1.807) is 0 Å². The van der Waals surface area contributed by atoms with Crippen LogP contribution >= 0.6 is 0 Å². The van der Waals surface area contributed by atoms with E-state index in [2.05, 4.69) is 24.2 Å². The lowest BCUT2D eigenvalue weighted by Crippen LogP contribution is -2.44. The summed E-state index contributed by atoms with van der Waals surface area (Å²) < 4.78 is 5.38. The molecule has 3 heteroatoms. The van der Waals surface area contributed by atoms with Crippen molar-refractivity contribution in [1.29, 1.82) is 0 Å². The van der Waals surface area contributed by atoms with Crippen LogP contribution in [0, 0.1) is 5.41 Å². The summed E-state index contributed by atoms with van der Waals surface area (Å²) in [6.45, 7) is 7.93. The SMILES string of the molecule is CN1CCC(C)(CNC2CCOC2)CC1. The lowest BCUT2D eigenvalue weighted by atomic mass is 9.80. The second-order valence-electron chi connectivity index (χ2n) is 5.56. The maximum atomic E-state index is 5.38. The fraction of sp³-hybridized carbons (Fsp3) is 1.00. The summed E-state index contributed by atoms with van der Waals surface area (Å²) in [5.74, 6) is 0. The molecule has 1 unspecified atom stereocenters. The second-order valence-corrected chi connectivity index (χ2v) is 5.56. The number of piperidine rings is 1. The van der Waals surface area contributed by atoms with E-state index in [1.807, 2.05) is 0 Å². The monoisotopic (exact) mass is 212 g/mol. The molecule has 2 fully saturated rings. The maximum Gasteiger partial charge on any atom is 0.0620 e. The number of nitrogens with one attached hydrogen (secondary N) is 1. The minimum atomic E-state index is 0.509. The average molecular weight is 212 g/mol. The van der Waals surface area contributed by atoms with E-state index < -0.39 is 0 Å². The highest BCUT2D eigenvalue weighted by Gasteiger charge is 2.29. The molecule has 88 valence electrons. The molecule has 0 bridgehead atoms. The van der Waals surface area contributed by atoms with Gasteiger partial charge in [-0.15, -0.1) is 0 Å². The normalized spacial score (nSPS) is 32.0. The Morgan fingerprint density at radius 3 is 2.73 bits per heavy atom. The summed E-state index contributed by atoms with van der Waals surface area (Å²) in [6, 6.07) is 0.612. The van der Waals surface area contributed by atoms with Crippen LogP contribution in [0.5, 0.6) is 0 Å². The van der Waals surface area contributed by atoms with Crippen molar-refractivity contribution in [2.24, 2.45) is 5.41 Å². The molecule has 0 aromatic carbocycles. The molecule has 0 radical (unpaired) electrons. The van der Waals surface area contributed by atoms with Gasteiger partial charge in [0.25, 0.3) is 0 Å². The molecule has 0 amide bonds. The van der Waals surface area contributed by atoms with E-state index in [9.17, 15) is 0 Å². The molecule has 0 saturated carbocycles. The van der Waals surface area contributed by atoms with Crippen molar-refractivity contribution in [2.45, 2.75) is 32.2 Å². The van der Waals surface area contributed by atoms with E-state index in [1.165, 1.54) is 32.4 Å². The maximum absolute atomic E-state index is 5.38. The smallest absolute Gasteiger partial charge is 0.0620 e. The first-order valence-corrected chi connectivity index (χ1v) is 6.18. The topological polar surface area (TPSA) is 24.5 Å². The first kappa shape index (κ1) is 11.4. The summed E-state index contributed by atoms with van der Waals surface area (Å²) >= 11 is 0. The molecular formula is C12H24N2O. The van der Waals surface area contributed by atoms with Crippen LogP contribution in [0.25, 0.3) is 0 Å². The van der Waals surface area contributed by atoms with E-state index in [0.717, 1.165) is 19.8 Å². The van der Waals surface area contributed by atoms with Crippen LogP contribution in [0.15, 0.2) is 0 Å². The van der Waals surface area contributed by atoms with Gasteiger partial charge >= 0.3 is 0 Å². The number of nitrogens with zero attached hydrogens (tertiary/aromatic N) is 1. The first-order chi connectivity index (χ1) is 7.18.